The van der Waals surface area contributed by atoms with E-state index in [1.807, 2.05) is 36.4 Å². The van der Waals surface area contributed by atoms with Gasteiger partial charge in [0.1, 0.15) is 0 Å². The maximum absolute atomic E-state index is 11.7. The van der Waals surface area contributed by atoms with Crippen LogP contribution in [0.4, 0.5) is 5.69 Å². The lowest BCUT2D eigenvalue weighted by molar-refractivity contribution is 0.0694. The van der Waals surface area contributed by atoms with E-state index in [1.54, 1.807) is 6.07 Å². The van der Waals surface area contributed by atoms with Crippen molar-refractivity contribution in [1.29, 1.82) is 0 Å². The monoisotopic (exact) mass is 335 g/mol. The van der Waals surface area contributed by atoms with E-state index in [4.69, 9.17) is 0 Å². The summed E-state index contributed by atoms with van der Waals surface area (Å²) < 4.78 is 0. The fourth-order valence-electron chi connectivity index (χ4n) is 4.02. The van der Waals surface area contributed by atoms with Gasteiger partial charge in [-0.2, -0.15) is 0 Å². The van der Waals surface area contributed by atoms with Gasteiger partial charge in [-0.15, -0.1) is 0 Å². The number of anilines is 1. The molecule has 0 spiro atoms. The minimum Gasteiger partial charge on any atom is -0.478 e. The molecule has 0 bridgehead atoms. The third-order valence-corrected chi connectivity index (χ3v) is 5.10. The molecule has 1 aliphatic carbocycles. The molecule has 0 fully saturated rings. The van der Waals surface area contributed by atoms with E-state index in [0.717, 1.165) is 12.0 Å². The quantitative estimate of drug-likeness (QED) is 0.740. The van der Waals surface area contributed by atoms with E-state index < -0.39 is 11.9 Å². The lowest BCUT2D eigenvalue weighted by Crippen LogP contribution is -2.30. The molecule has 1 heterocycles. The van der Waals surface area contributed by atoms with Gasteiger partial charge in [0.15, 0.2) is 0 Å². The van der Waals surface area contributed by atoms with Crippen LogP contribution in [0.2, 0.25) is 0 Å². The Morgan fingerprint density at radius 2 is 1.80 bits per heavy atom. The Balaban J connectivity index is 1.89. The molecule has 3 unspecified atom stereocenters. The molecular weight excluding hydrogens is 318 g/mol. The molecule has 1 aliphatic heterocycles. The zero-order valence-corrected chi connectivity index (χ0v) is 13.3. The minimum absolute atomic E-state index is 0.0133. The Morgan fingerprint density at radius 3 is 2.48 bits per heavy atom. The van der Waals surface area contributed by atoms with Crippen molar-refractivity contribution in [3.05, 3.63) is 76.9 Å². The molecule has 0 saturated carbocycles. The zero-order chi connectivity index (χ0) is 17.6. The zero-order valence-electron chi connectivity index (χ0n) is 13.3. The third kappa shape index (κ3) is 2.48. The van der Waals surface area contributed by atoms with Crippen LogP contribution in [0.1, 0.15) is 50.2 Å². The number of carbonyl (C=O) groups is 2. The third-order valence-electron chi connectivity index (χ3n) is 5.10. The molecule has 0 aromatic heterocycles. The lowest BCUT2D eigenvalue weighted by Gasteiger charge is -2.38. The summed E-state index contributed by atoms with van der Waals surface area (Å²) in [5, 5.41) is 22.3. The van der Waals surface area contributed by atoms with Gasteiger partial charge >= 0.3 is 11.9 Å². The second-order valence-electron chi connectivity index (χ2n) is 6.48. The lowest BCUT2D eigenvalue weighted by atomic mass is 9.75. The number of carboxylic acid groups (broad SMARTS) is 2. The first-order valence-electron chi connectivity index (χ1n) is 8.19. The van der Waals surface area contributed by atoms with Gasteiger partial charge in [0, 0.05) is 11.6 Å². The fraction of sp³-hybridized carbons (Fsp3) is 0.200. The fourth-order valence-corrected chi connectivity index (χ4v) is 4.02. The summed E-state index contributed by atoms with van der Waals surface area (Å²) in [5.41, 5.74) is 2.44. The van der Waals surface area contributed by atoms with Gasteiger partial charge in [-0.05, 0) is 35.6 Å². The molecule has 0 saturated heterocycles. The first kappa shape index (κ1) is 15.4. The summed E-state index contributed by atoms with van der Waals surface area (Å²) in [6.07, 6.45) is 4.99. The average Bonchev–Trinajstić information content (AvgIpc) is 3.10. The van der Waals surface area contributed by atoms with E-state index in [1.165, 1.54) is 6.07 Å². The van der Waals surface area contributed by atoms with Crippen LogP contribution < -0.4 is 5.32 Å². The van der Waals surface area contributed by atoms with Crippen molar-refractivity contribution in [2.75, 3.05) is 5.32 Å². The average molecular weight is 335 g/mol. The van der Waals surface area contributed by atoms with Crippen LogP contribution in [0.25, 0.3) is 0 Å². The number of hydrogen-bond donors (Lipinski definition) is 3. The molecule has 0 amide bonds. The Bertz CT molecular complexity index is 888. The Hall–Kier alpha value is -3.08. The Kier molecular flexibility index (Phi) is 3.57. The molecule has 126 valence electrons. The summed E-state index contributed by atoms with van der Waals surface area (Å²) >= 11 is 0. The highest BCUT2D eigenvalue weighted by Gasteiger charge is 2.40. The number of fused-ring (bicyclic) bond motifs is 3. The molecule has 0 radical (unpaired) electrons. The van der Waals surface area contributed by atoms with Gasteiger partial charge in [0.05, 0.1) is 17.2 Å². The Morgan fingerprint density at radius 1 is 1.04 bits per heavy atom. The number of aromatic carboxylic acids is 2. The summed E-state index contributed by atoms with van der Waals surface area (Å²) in [7, 11) is 0. The first-order valence-corrected chi connectivity index (χ1v) is 8.19. The predicted molar refractivity (Wildman–Crippen MR) is 93.2 cm³/mol. The van der Waals surface area contributed by atoms with Crippen LogP contribution in [-0.2, 0) is 0 Å². The van der Waals surface area contributed by atoms with Crippen molar-refractivity contribution < 1.29 is 19.8 Å². The summed E-state index contributed by atoms with van der Waals surface area (Å²) in [5.74, 6) is -2.05. The van der Waals surface area contributed by atoms with Crippen LogP contribution in [-0.4, -0.2) is 22.2 Å². The molecule has 2 aromatic rings. The van der Waals surface area contributed by atoms with Gasteiger partial charge in [-0.25, -0.2) is 9.59 Å². The van der Waals surface area contributed by atoms with Crippen molar-refractivity contribution in [2.45, 2.75) is 18.4 Å². The number of rotatable bonds is 3. The van der Waals surface area contributed by atoms with Crippen LogP contribution in [0, 0.1) is 5.92 Å². The SMILES string of the molecule is O=C(O)c1cc2c(c(C(=O)O)c1)C1C=CCC1C(c1ccccc1)N2. The van der Waals surface area contributed by atoms with Gasteiger partial charge in [-0.3, -0.25) is 0 Å². The smallest absolute Gasteiger partial charge is 0.336 e. The molecule has 2 aliphatic rings. The van der Waals surface area contributed by atoms with E-state index in [0.29, 0.717) is 11.3 Å². The topological polar surface area (TPSA) is 86.6 Å². The number of benzene rings is 2. The maximum atomic E-state index is 11.7. The molecule has 2 aromatic carbocycles. The number of carboxylic acids is 2. The summed E-state index contributed by atoms with van der Waals surface area (Å²) in [6, 6.07) is 12.8. The highest BCUT2D eigenvalue weighted by molar-refractivity contribution is 5.98. The van der Waals surface area contributed by atoms with Crippen molar-refractivity contribution in [2.24, 2.45) is 5.92 Å². The second-order valence-corrected chi connectivity index (χ2v) is 6.48. The van der Waals surface area contributed by atoms with Gasteiger partial charge < -0.3 is 15.5 Å². The molecule has 3 atom stereocenters. The van der Waals surface area contributed by atoms with Gasteiger partial charge in [-0.1, -0.05) is 42.5 Å². The van der Waals surface area contributed by atoms with Crippen LogP contribution in [0.5, 0.6) is 0 Å². The number of allylic oxidation sites excluding steroid dienone is 2. The van der Waals surface area contributed by atoms with Crippen molar-refractivity contribution in [1.82, 2.24) is 0 Å². The predicted octanol–water partition coefficient (Wildman–Crippen LogP) is 3.91. The van der Waals surface area contributed by atoms with Crippen molar-refractivity contribution in [3.8, 4) is 0 Å². The standard InChI is InChI=1S/C20H17NO4/c22-19(23)12-9-15(20(24)25)17-13-7-4-8-14(13)18(21-16(17)10-12)11-5-2-1-3-6-11/h1-7,9-10,13-14,18,21H,8H2,(H,22,23)(H,24,25). The van der Waals surface area contributed by atoms with Crippen molar-refractivity contribution >= 4 is 17.6 Å². The largest absolute Gasteiger partial charge is 0.478 e. The highest BCUT2D eigenvalue weighted by atomic mass is 16.4. The van der Waals surface area contributed by atoms with E-state index in [9.17, 15) is 19.8 Å². The highest BCUT2D eigenvalue weighted by Crippen LogP contribution is 2.51. The summed E-state index contributed by atoms with van der Waals surface area (Å²) in [6.45, 7) is 0. The molecular formula is C20H17NO4. The van der Waals surface area contributed by atoms with Crippen LogP contribution >= 0.6 is 0 Å². The van der Waals surface area contributed by atoms with Crippen LogP contribution in [0.3, 0.4) is 0 Å². The van der Waals surface area contributed by atoms with Gasteiger partial charge in [0.25, 0.3) is 0 Å². The molecule has 5 nitrogen and oxygen atoms in total. The molecule has 25 heavy (non-hydrogen) atoms. The van der Waals surface area contributed by atoms with Gasteiger partial charge in [0.2, 0.25) is 0 Å². The first-order chi connectivity index (χ1) is 12.1. The van der Waals surface area contributed by atoms with Crippen molar-refractivity contribution in [3.63, 3.8) is 0 Å². The normalized spacial score (nSPS) is 23.4. The van der Waals surface area contributed by atoms with E-state index in [-0.39, 0.29) is 29.0 Å². The van der Waals surface area contributed by atoms with E-state index >= 15 is 0 Å². The number of hydrogen-bond acceptors (Lipinski definition) is 3. The van der Waals surface area contributed by atoms with E-state index in [2.05, 4.69) is 11.4 Å². The minimum atomic E-state index is -1.13. The van der Waals surface area contributed by atoms with Crippen LogP contribution in [0.15, 0.2) is 54.6 Å². The summed E-state index contributed by atoms with van der Waals surface area (Å²) in [4.78, 5) is 23.1. The number of nitrogens with one attached hydrogen (secondary N) is 1. The Labute approximate surface area is 144 Å². The molecule has 5 heteroatoms. The molecule has 4 rings (SSSR count). The second kappa shape index (κ2) is 5.77. The maximum Gasteiger partial charge on any atom is 0.336 e. The molecule has 3 N–H and O–H groups in total.